The van der Waals surface area contributed by atoms with E-state index in [1.54, 1.807) is 7.11 Å². The van der Waals surface area contributed by atoms with E-state index in [1.807, 2.05) is 55.5 Å². The zero-order chi connectivity index (χ0) is 17.4. The van der Waals surface area contributed by atoms with Gasteiger partial charge in [0.15, 0.2) is 0 Å². The van der Waals surface area contributed by atoms with Crippen molar-refractivity contribution in [3.63, 3.8) is 0 Å². The number of carbonyl (C=O) groups is 1. The average Bonchev–Trinajstić information content (AvgIpc) is 2.63. The smallest absolute Gasteiger partial charge is 0.227 e. The maximum atomic E-state index is 12.4. The summed E-state index contributed by atoms with van der Waals surface area (Å²) < 4.78 is 5.16. The van der Waals surface area contributed by atoms with Gasteiger partial charge in [-0.1, -0.05) is 43.3 Å². The molecular weight excluding hydrogens is 302 g/mol. The van der Waals surface area contributed by atoms with Crippen molar-refractivity contribution in [2.24, 2.45) is 0 Å². The minimum absolute atomic E-state index is 0.0506. The van der Waals surface area contributed by atoms with E-state index in [0.717, 1.165) is 35.3 Å². The van der Waals surface area contributed by atoms with Gasteiger partial charge in [0.25, 0.3) is 0 Å². The van der Waals surface area contributed by atoms with Crippen LogP contribution in [0.3, 0.4) is 0 Å². The second-order valence-electron chi connectivity index (χ2n) is 5.75. The predicted octanol–water partition coefficient (Wildman–Crippen LogP) is 3.04. The molecule has 0 aromatic heterocycles. The van der Waals surface area contributed by atoms with Crippen molar-refractivity contribution in [1.29, 1.82) is 0 Å². The molecule has 0 saturated heterocycles. The summed E-state index contributed by atoms with van der Waals surface area (Å²) in [5.41, 5.74) is 3.04. The lowest BCUT2D eigenvalue weighted by molar-refractivity contribution is -0.122. The third-order valence-corrected chi connectivity index (χ3v) is 4.16. The monoisotopic (exact) mass is 327 g/mol. The first kappa shape index (κ1) is 18.0. The highest BCUT2D eigenvalue weighted by Crippen LogP contribution is 2.22. The molecule has 4 nitrogen and oxygen atoms in total. The van der Waals surface area contributed by atoms with E-state index in [1.165, 1.54) is 0 Å². The van der Waals surface area contributed by atoms with Crippen LogP contribution in [0.25, 0.3) is 0 Å². The highest BCUT2D eigenvalue weighted by molar-refractivity contribution is 5.83. The standard InChI is InChI=1S/C20H25NO3/c1-3-19(17-8-10-18(24-2)11-9-17)20(23)21-13-12-15-4-6-16(14-22)7-5-15/h4-11,19,22H,3,12-14H2,1-2H3,(H,21,23). The molecule has 2 N–H and O–H groups in total. The van der Waals surface area contributed by atoms with Crippen LogP contribution in [0.2, 0.25) is 0 Å². The molecule has 0 radical (unpaired) electrons. The molecule has 2 aromatic carbocycles. The Hall–Kier alpha value is -2.33. The number of methoxy groups -OCH3 is 1. The van der Waals surface area contributed by atoms with Crippen LogP contribution < -0.4 is 10.1 Å². The second-order valence-corrected chi connectivity index (χ2v) is 5.75. The van der Waals surface area contributed by atoms with E-state index in [9.17, 15) is 4.79 Å². The first-order valence-electron chi connectivity index (χ1n) is 8.28. The lowest BCUT2D eigenvalue weighted by atomic mass is 9.95. The van der Waals surface area contributed by atoms with Crippen molar-refractivity contribution in [2.45, 2.75) is 32.3 Å². The van der Waals surface area contributed by atoms with Gasteiger partial charge in [-0.05, 0) is 41.7 Å². The number of ether oxygens (including phenoxy) is 1. The van der Waals surface area contributed by atoms with Gasteiger partial charge in [0, 0.05) is 6.54 Å². The zero-order valence-electron chi connectivity index (χ0n) is 14.3. The van der Waals surface area contributed by atoms with Crippen molar-refractivity contribution in [3.8, 4) is 5.75 Å². The van der Waals surface area contributed by atoms with Crippen LogP contribution >= 0.6 is 0 Å². The second kappa shape index (κ2) is 9.08. The summed E-state index contributed by atoms with van der Waals surface area (Å²) >= 11 is 0. The fourth-order valence-electron chi connectivity index (χ4n) is 2.67. The Labute approximate surface area is 143 Å². The molecule has 1 unspecified atom stereocenters. The van der Waals surface area contributed by atoms with Crippen LogP contribution in [0.4, 0.5) is 0 Å². The molecule has 128 valence electrons. The van der Waals surface area contributed by atoms with E-state index < -0.39 is 0 Å². The topological polar surface area (TPSA) is 58.6 Å². The molecule has 0 aliphatic rings. The van der Waals surface area contributed by atoms with Gasteiger partial charge >= 0.3 is 0 Å². The molecule has 0 bridgehead atoms. The van der Waals surface area contributed by atoms with Gasteiger partial charge in [-0.15, -0.1) is 0 Å². The average molecular weight is 327 g/mol. The molecule has 2 rings (SSSR count). The number of aliphatic hydroxyl groups is 1. The van der Waals surface area contributed by atoms with Gasteiger partial charge < -0.3 is 15.2 Å². The summed E-state index contributed by atoms with van der Waals surface area (Å²) in [6.07, 6.45) is 1.53. The summed E-state index contributed by atoms with van der Waals surface area (Å²) in [5, 5.41) is 12.1. The number of carbonyl (C=O) groups excluding carboxylic acids is 1. The first-order chi connectivity index (χ1) is 11.7. The van der Waals surface area contributed by atoms with Crippen LogP contribution in [0.15, 0.2) is 48.5 Å². The molecular formula is C20H25NO3. The number of hydrogen-bond acceptors (Lipinski definition) is 3. The fourth-order valence-corrected chi connectivity index (χ4v) is 2.67. The molecule has 0 fully saturated rings. The number of benzene rings is 2. The Morgan fingerprint density at radius 1 is 1.08 bits per heavy atom. The molecule has 0 heterocycles. The van der Waals surface area contributed by atoms with Crippen LogP contribution in [-0.2, 0) is 17.8 Å². The summed E-state index contributed by atoms with van der Waals surface area (Å²) in [5.74, 6) is 0.697. The molecule has 0 aliphatic carbocycles. The lowest BCUT2D eigenvalue weighted by Gasteiger charge is -2.16. The van der Waals surface area contributed by atoms with E-state index in [2.05, 4.69) is 5.32 Å². The Bertz CT molecular complexity index is 635. The Balaban J connectivity index is 1.88. The van der Waals surface area contributed by atoms with Crippen LogP contribution in [0, 0.1) is 0 Å². The normalized spacial score (nSPS) is 11.8. The van der Waals surface area contributed by atoms with Crippen molar-refractivity contribution in [3.05, 3.63) is 65.2 Å². The van der Waals surface area contributed by atoms with Gasteiger partial charge in [0.05, 0.1) is 19.6 Å². The van der Waals surface area contributed by atoms with Gasteiger partial charge in [-0.3, -0.25) is 4.79 Å². The minimum Gasteiger partial charge on any atom is -0.497 e. The Morgan fingerprint density at radius 2 is 1.71 bits per heavy atom. The largest absolute Gasteiger partial charge is 0.497 e. The number of rotatable bonds is 8. The maximum absolute atomic E-state index is 12.4. The third-order valence-electron chi connectivity index (χ3n) is 4.16. The Kier molecular flexibility index (Phi) is 6.82. The zero-order valence-corrected chi connectivity index (χ0v) is 14.3. The van der Waals surface area contributed by atoms with Crippen molar-refractivity contribution in [1.82, 2.24) is 5.32 Å². The molecule has 1 atom stereocenters. The Morgan fingerprint density at radius 3 is 2.25 bits per heavy atom. The quantitative estimate of drug-likeness (QED) is 0.783. The van der Waals surface area contributed by atoms with Gasteiger partial charge in [-0.2, -0.15) is 0 Å². The summed E-state index contributed by atoms with van der Waals surface area (Å²) in [7, 11) is 1.63. The SMILES string of the molecule is CCC(C(=O)NCCc1ccc(CO)cc1)c1ccc(OC)cc1. The molecule has 0 aliphatic heterocycles. The fraction of sp³-hybridized carbons (Fsp3) is 0.350. The molecule has 4 heteroatoms. The molecule has 0 spiro atoms. The number of aliphatic hydroxyl groups excluding tert-OH is 1. The highest BCUT2D eigenvalue weighted by atomic mass is 16.5. The van der Waals surface area contributed by atoms with Crippen LogP contribution in [0.5, 0.6) is 5.75 Å². The van der Waals surface area contributed by atoms with E-state index in [0.29, 0.717) is 6.54 Å². The first-order valence-corrected chi connectivity index (χ1v) is 8.28. The van der Waals surface area contributed by atoms with Gasteiger partial charge in [0.1, 0.15) is 5.75 Å². The van der Waals surface area contributed by atoms with E-state index >= 15 is 0 Å². The minimum atomic E-state index is -0.146. The maximum Gasteiger partial charge on any atom is 0.227 e. The number of hydrogen-bond donors (Lipinski definition) is 2. The predicted molar refractivity (Wildman–Crippen MR) is 95.1 cm³/mol. The molecule has 2 aromatic rings. The van der Waals surface area contributed by atoms with Crippen molar-refractivity contribution in [2.75, 3.05) is 13.7 Å². The molecule has 24 heavy (non-hydrogen) atoms. The van der Waals surface area contributed by atoms with E-state index in [4.69, 9.17) is 9.84 Å². The van der Waals surface area contributed by atoms with Crippen LogP contribution in [0.1, 0.15) is 36.0 Å². The van der Waals surface area contributed by atoms with Gasteiger partial charge in [-0.25, -0.2) is 0 Å². The third kappa shape index (κ3) is 4.83. The number of nitrogens with one attached hydrogen (secondary N) is 1. The van der Waals surface area contributed by atoms with Gasteiger partial charge in [0.2, 0.25) is 5.91 Å². The highest BCUT2D eigenvalue weighted by Gasteiger charge is 2.18. The number of amides is 1. The summed E-state index contributed by atoms with van der Waals surface area (Å²) in [4.78, 5) is 12.4. The van der Waals surface area contributed by atoms with Crippen LogP contribution in [-0.4, -0.2) is 24.7 Å². The summed E-state index contributed by atoms with van der Waals surface area (Å²) in [6.45, 7) is 2.67. The lowest BCUT2D eigenvalue weighted by Crippen LogP contribution is -2.30. The summed E-state index contributed by atoms with van der Waals surface area (Å²) in [6, 6.07) is 15.4. The van der Waals surface area contributed by atoms with Crippen molar-refractivity contribution >= 4 is 5.91 Å². The van der Waals surface area contributed by atoms with Crippen molar-refractivity contribution < 1.29 is 14.6 Å². The molecule has 1 amide bonds. The molecule has 0 saturated carbocycles. The van der Waals surface area contributed by atoms with E-state index in [-0.39, 0.29) is 18.4 Å².